The molecule has 3 aromatic carbocycles. The summed E-state index contributed by atoms with van der Waals surface area (Å²) >= 11 is 0. The van der Waals surface area contributed by atoms with E-state index in [0.717, 1.165) is 33.0 Å². The largest absolute Gasteiger partial charge is 0.495 e. The fourth-order valence-corrected chi connectivity index (χ4v) is 4.52. The number of benzene rings is 3. The number of methoxy groups -OCH3 is 1. The third-order valence-electron chi connectivity index (χ3n) is 5.16. The summed E-state index contributed by atoms with van der Waals surface area (Å²) in [5.41, 5.74) is 0.790. The molecule has 1 amide bonds. The van der Waals surface area contributed by atoms with E-state index >= 15 is 0 Å². The van der Waals surface area contributed by atoms with Gasteiger partial charge in [-0.25, -0.2) is 8.42 Å². The van der Waals surface area contributed by atoms with Gasteiger partial charge in [-0.15, -0.1) is 0 Å². The number of rotatable bonds is 10. The van der Waals surface area contributed by atoms with Crippen LogP contribution in [0.25, 0.3) is 10.8 Å². The van der Waals surface area contributed by atoms with Crippen molar-refractivity contribution in [2.45, 2.75) is 19.4 Å². The number of nitro groups is 1. The van der Waals surface area contributed by atoms with Gasteiger partial charge in [0.2, 0.25) is 15.9 Å². The van der Waals surface area contributed by atoms with Crippen molar-refractivity contribution < 1.29 is 22.9 Å². The molecule has 9 nitrogen and oxygen atoms in total. The van der Waals surface area contributed by atoms with Gasteiger partial charge in [0.1, 0.15) is 11.4 Å². The molecule has 0 aliphatic heterocycles. The minimum absolute atomic E-state index is 0.0297. The van der Waals surface area contributed by atoms with Crippen molar-refractivity contribution in [3.8, 4) is 5.75 Å². The molecule has 0 radical (unpaired) electrons. The lowest BCUT2D eigenvalue weighted by atomic mass is 10.0. The van der Waals surface area contributed by atoms with Gasteiger partial charge < -0.3 is 10.1 Å². The van der Waals surface area contributed by atoms with Crippen LogP contribution in [0.1, 0.15) is 18.4 Å². The Hall–Kier alpha value is -3.66. The van der Waals surface area contributed by atoms with Gasteiger partial charge in [-0.1, -0.05) is 42.5 Å². The highest BCUT2D eigenvalue weighted by atomic mass is 32.2. The fourth-order valence-electron chi connectivity index (χ4n) is 3.56. The van der Waals surface area contributed by atoms with Crippen LogP contribution in [0, 0.1) is 10.1 Å². The van der Waals surface area contributed by atoms with Crippen molar-refractivity contribution >= 4 is 38.1 Å². The highest BCUT2D eigenvalue weighted by molar-refractivity contribution is 7.92. The quantitative estimate of drug-likeness (QED) is 0.356. The number of nitrogens with zero attached hydrogens (tertiary/aromatic N) is 2. The topological polar surface area (TPSA) is 119 Å². The number of amides is 1. The van der Waals surface area contributed by atoms with Crippen LogP contribution in [0.3, 0.4) is 0 Å². The molecule has 0 saturated heterocycles. The van der Waals surface area contributed by atoms with E-state index in [9.17, 15) is 23.3 Å². The number of sulfonamides is 1. The van der Waals surface area contributed by atoms with Crippen LogP contribution in [-0.4, -0.2) is 39.2 Å². The second kappa shape index (κ2) is 10.3. The van der Waals surface area contributed by atoms with Crippen LogP contribution in [-0.2, 0) is 21.4 Å². The molecule has 0 unspecified atom stereocenters. The maximum atomic E-state index is 12.4. The van der Waals surface area contributed by atoms with Crippen molar-refractivity contribution in [2.24, 2.45) is 0 Å². The van der Waals surface area contributed by atoms with Gasteiger partial charge in [0.25, 0.3) is 5.69 Å². The number of nitro benzene ring substituents is 1. The lowest BCUT2D eigenvalue weighted by Crippen LogP contribution is -2.32. The Kier molecular flexibility index (Phi) is 7.49. The molecule has 0 aliphatic rings. The second-order valence-electron chi connectivity index (χ2n) is 7.47. The van der Waals surface area contributed by atoms with E-state index in [4.69, 9.17) is 4.74 Å². The van der Waals surface area contributed by atoms with Gasteiger partial charge in [0.15, 0.2) is 0 Å². The number of fused-ring (bicyclic) bond motifs is 1. The lowest BCUT2D eigenvalue weighted by molar-refractivity contribution is -0.384. The van der Waals surface area contributed by atoms with Gasteiger partial charge >= 0.3 is 0 Å². The average molecular weight is 472 g/mol. The van der Waals surface area contributed by atoms with Crippen molar-refractivity contribution in [1.29, 1.82) is 0 Å². The summed E-state index contributed by atoms with van der Waals surface area (Å²) in [5.74, 6) is -0.0335. The third-order valence-corrected chi connectivity index (χ3v) is 6.34. The van der Waals surface area contributed by atoms with E-state index in [1.807, 2.05) is 42.5 Å². The molecule has 33 heavy (non-hydrogen) atoms. The molecular formula is C23H25N3O6S. The monoisotopic (exact) mass is 471 g/mol. The van der Waals surface area contributed by atoms with Crippen molar-refractivity contribution in [2.75, 3.05) is 24.2 Å². The second-order valence-corrected chi connectivity index (χ2v) is 9.37. The molecular weight excluding hydrogens is 446 g/mol. The minimum atomic E-state index is -3.77. The Morgan fingerprint density at radius 2 is 1.85 bits per heavy atom. The number of non-ortho nitro benzene ring substituents is 1. The zero-order valence-corrected chi connectivity index (χ0v) is 19.2. The van der Waals surface area contributed by atoms with Crippen LogP contribution in [0.5, 0.6) is 5.75 Å². The molecule has 1 N–H and O–H groups in total. The summed E-state index contributed by atoms with van der Waals surface area (Å²) in [4.78, 5) is 22.9. The van der Waals surface area contributed by atoms with Crippen LogP contribution in [0.2, 0.25) is 0 Å². The fraction of sp³-hybridized carbons (Fsp3) is 0.261. The highest BCUT2D eigenvalue weighted by Gasteiger charge is 2.24. The smallest absolute Gasteiger partial charge is 0.271 e. The first kappa shape index (κ1) is 24.0. The third kappa shape index (κ3) is 5.98. The van der Waals surface area contributed by atoms with Crippen LogP contribution in [0.15, 0.2) is 60.7 Å². The van der Waals surface area contributed by atoms with Gasteiger partial charge in [0.05, 0.1) is 18.3 Å². The molecule has 0 aromatic heterocycles. The van der Waals surface area contributed by atoms with Crippen LogP contribution < -0.4 is 14.4 Å². The standard InChI is InChI=1S/C23H25N3O6S/c1-32-22-13-12-19(26(28)29)15-21(22)25(33(2,30)31)14-6-11-23(27)24-16-18-9-5-8-17-7-3-4-10-20(17)18/h3-5,7-10,12-13,15H,6,11,14,16H2,1-2H3,(H,24,27). The molecule has 0 atom stereocenters. The molecule has 10 heteroatoms. The van der Waals surface area contributed by atoms with Crippen molar-refractivity contribution in [3.05, 3.63) is 76.3 Å². The molecule has 0 fully saturated rings. The van der Waals surface area contributed by atoms with Gasteiger partial charge in [0, 0.05) is 31.6 Å². The normalized spacial score (nSPS) is 11.2. The number of anilines is 1. The van der Waals surface area contributed by atoms with Crippen LogP contribution in [0.4, 0.5) is 11.4 Å². The average Bonchev–Trinajstić information content (AvgIpc) is 2.79. The number of carbonyl (C=O) groups is 1. The Balaban J connectivity index is 1.66. The van der Waals surface area contributed by atoms with Gasteiger partial charge in [-0.3, -0.25) is 19.2 Å². The van der Waals surface area contributed by atoms with E-state index in [-0.39, 0.29) is 42.4 Å². The SMILES string of the molecule is COc1ccc([N+](=O)[O-])cc1N(CCCC(=O)NCc1cccc2ccccc12)S(C)(=O)=O. The Labute approximate surface area is 192 Å². The zero-order chi connectivity index (χ0) is 24.0. The number of carbonyl (C=O) groups excluding carboxylic acids is 1. The molecule has 174 valence electrons. The van der Waals surface area contributed by atoms with E-state index in [1.54, 1.807) is 0 Å². The molecule has 0 spiro atoms. The first-order valence-corrected chi connectivity index (χ1v) is 12.1. The summed E-state index contributed by atoms with van der Waals surface area (Å²) in [6, 6.07) is 17.5. The molecule has 0 saturated carbocycles. The van der Waals surface area contributed by atoms with E-state index in [1.165, 1.54) is 19.2 Å². The zero-order valence-electron chi connectivity index (χ0n) is 18.4. The summed E-state index contributed by atoms with van der Waals surface area (Å²) < 4.78 is 31.0. The maximum absolute atomic E-state index is 12.4. The first-order chi connectivity index (χ1) is 15.7. The van der Waals surface area contributed by atoms with E-state index < -0.39 is 14.9 Å². The Morgan fingerprint density at radius 1 is 1.12 bits per heavy atom. The summed E-state index contributed by atoms with van der Waals surface area (Å²) in [7, 11) is -2.42. The number of hydrogen-bond acceptors (Lipinski definition) is 6. The number of ether oxygens (including phenoxy) is 1. The highest BCUT2D eigenvalue weighted by Crippen LogP contribution is 2.33. The summed E-state index contributed by atoms with van der Waals surface area (Å²) in [5, 5.41) is 16.2. The van der Waals surface area contributed by atoms with Crippen molar-refractivity contribution in [1.82, 2.24) is 5.32 Å². The Bertz CT molecular complexity index is 1270. The summed E-state index contributed by atoms with van der Waals surface area (Å²) in [6.45, 7) is 0.326. The van der Waals surface area contributed by atoms with E-state index in [0.29, 0.717) is 6.54 Å². The summed E-state index contributed by atoms with van der Waals surface area (Å²) in [6.07, 6.45) is 1.32. The predicted molar refractivity (Wildman–Crippen MR) is 127 cm³/mol. The van der Waals surface area contributed by atoms with Gasteiger partial charge in [-0.2, -0.15) is 0 Å². The minimum Gasteiger partial charge on any atom is -0.495 e. The maximum Gasteiger partial charge on any atom is 0.271 e. The molecule has 3 rings (SSSR count). The first-order valence-electron chi connectivity index (χ1n) is 10.2. The lowest BCUT2D eigenvalue weighted by Gasteiger charge is -2.24. The molecule has 0 bridgehead atoms. The molecule has 0 heterocycles. The van der Waals surface area contributed by atoms with Crippen LogP contribution >= 0.6 is 0 Å². The molecule has 3 aromatic rings. The van der Waals surface area contributed by atoms with Gasteiger partial charge in [-0.05, 0) is 28.8 Å². The van der Waals surface area contributed by atoms with Crippen molar-refractivity contribution in [3.63, 3.8) is 0 Å². The molecule has 0 aliphatic carbocycles. The predicted octanol–water partition coefficient (Wildman–Crippen LogP) is 3.62. The Morgan fingerprint density at radius 3 is 2.55 bits per heavy atom. The number of hydrogen-bond donors (Lipinski definition) is 1. The number of nitrogens with one attached hydrogen (secondary N) is 1. The van der Waals surface area contributed by atoms with E-state index in [2.05, 4.69) is 5.32 Å².